The van der Waals surface area contributed by atoms with Crippen LogP contribution < -0.4 is 0 Å². The van der Waals surface area contributed by atoms with Crippen LogP contribution in [-0.2, 0) is 28.6 Å². The summed E-state index contributed by atoms with van der Waals surface area (Å²) in [4.78, 5) is 34.6. The molecule has 2 bridgehead atoms. The summed E-state index contributed by atoms with van der Waals surface area (Å²) >= 11 is 0. The van der Waals surface area contributed by atoms with Gasteiger partial charge in [-0.05, 0) is 49.4 Å². The zero-order chi connectivity index (χ0) is 27.0. The van der Waals surface area contributed by atoms with E-state index in [2.05, 4.69) is 33.9 Å². The molecule has 2 aliphatic carbocycles. The fraction of sp³-hybridized carbons (Fsp3) is 0.690. The highest BCUT2D eigenvalue weighted by Crippen LogP contribution is 2.66. The first-order valence-corrected chi connectivity index (χ1v) is 12.7. The Morgan fingerprint density at radius 2 is 1.54 bits per heavy atom. The molecule has 2 aliphatic rings. The van der Waals surface area contributed by atoms with Crippen LogP contribution in [0.2, 0.25) is 0 Å². The summed E-state index contributed by atoms with van der Waals surface area (Å²) in [5.74, 6) is 0.251. The topological polar surface area (TPSA) is 78.9 Å². The lowest BCUT2D eigenvalue weighted by molar-refractivity contribution is -0.152. The molecule has 2 saturated carbocycles. The van der Waals surface area contributed by atoms with Crippen molar-refractivity contribution < 1.29 is 28.6 Å². The van der Waals surface area contributed by atoms with Crippen molar-refractivity contribution in [1.29, 1.82) is 0 Å². The molecule has 198 valence electrons. The Morgan fingerprint density at radius 3 is 1.97 bits per heavy atom. The normalized spacial score (nSPS) is 24.5. The van der Waals surface area contributed by atoms with Crippen molar-refractivity contribution in [3.8, 4) is 0 Å². The molecule has 35 heavy (non-hydrogen) atoms. The highest BCUT2D eigenvalue weighted by Gasteiger charge is 2.62. The van der Waals surface area contributed by atoms with Gasteiger partial charge in [0.2, 0.25) is 0 Å². The number of fused-ring (bicyclic) bond motifs is 2. The summed E-state index contributed by atoms with van der Waals surface area (Å²) in [7, 11) is 0. The Kier molecular flexibility index (Phi) is 11.5. The van der Waals surface area contributed by atoms with Crippen LogP contribution in [0.4, 0.5) is 0 Å². The van der Waals surface area contributed by atoms with E-state index in [1.807, 2.05) is 27.7 Å². The van der Waals surface area contributed by atoms with Gasteiger partial charge in [-0.1, -0.05) is 67.2 Å². The average Bonchev–Trinajstić information content (AvgIpc) is 3.09. The molecule has 2 fully saturated rings. The Balaban J connectivity index is 0.000000579. The molecule has 0 saturated heterocycles. The van der Waals surface area contributed by atoms with E-state index in [-0.39, 0.29) is 34.8 Å². The largest absolute Gasteiger partial charge is 0.462 e. The highest BCUT2D eigenvalue weighted by atomic mass is 16.5. The fourth-order valence-electron chi connectivity index (χ4n) is 4.78. The molecule has 0 spiro atoms. The van der Waals surface area contributed by atoms with Gasteiger partial charge in [0.1, 0.15) is 6.10 Å². The van der Waals surface area contributed by atoms with E-state index in [0.717, 1.165) is 18.4 Å². The monoisotopic (exact) mass is 490 g/mol. The van der Waals surface area contributed by atoms with Crippen LogP contribution in [0.5, 0.6) is 0 Å². The van der Waals surface area contributed by atoms with Gasteiger partial charge in [0, 0.05) is 29.6 Å². The minimum Gasteiger partial charge on any atom is -0.462 e. The van der Waals surface area contributed by atoms with Crippen molar-refractivity contribution in [2.24, 2.45) is 28.6 Å². The van der Waals surface area contributed by atoms with Gasteiger partial charge in [-0.2, -0.15) is 0 Å². The lowest BCUT2D eigenvalue weighted by atomic mass is 9.70. The number of esters is 3. The summed E-state index contributed by atoms with van der Waals surface area (Å²) in [5.41, 5.74) is 1.38. The third-order valence-corrected chi connectivity index (χ3v) is 7.39. The van der Waals surface area contributed by atoms with Crippen LogP contribution in [0.25, 0.3) is 0 Å². The quantitative estimate of drug-likeness (QED) is 0.206. The molecular formula is C29H46O6. The van der Waals surface area contributed by atoms with E-state index in [1.54, 1.807) is 6.92 Å². The van der Waals surface area contributed by atoms with Crippen molar-refractivity contribution in [1.82, 2.24) is 0 Å². The van der Waals surface area contributed by atoms with E-state index in [9.17, 15) is 14.4 Å². The van der Waals surface area contributed by atoms with E-state index < -0.39 is 0 Å². The van der Waals surface area contributed by atoms with Crippen LogP contribution in [0.15, 0.2) is 36.5 Å². The van der Waals surface area contributed by atoms with Crippen molar-refractivity contribution in [3.63, 3.8) is 0 Å². The zero-order valence-electron chi connectivity index (χ0n) is 23.1. The average molecular weight is 491 g/mol. The molecular weight excluding hydrogens is 444 g/mol. The molecule has 0 radical (unpaired) electrons. The number of allylic oxidation sites excluding steroid dienone is 1. The van der Waals surface area contributed by atoms with Crippen LogP contribution in [0.1, 0.15) is 81.1 Å². The van der Waals surface area contributed by atoms with Gasteiger partial charge in [-0.25, -0.2) is 14.4 Å². The molecule has 6 nitrogen and oxygen atoms in total. The van der Waals surface area contributed by atoms with Gasteiger partial charge >= 0.3 is 17.9 Å². The van der Waals surface area contributed by atoms with Gasteiger partial charge in [0.05, 0.1) is 13.2 Å². The van der Waals surface area contributed by atoms with E-state index in [0.29, 0.717) is 43.0 Å². The summed E-state index contributed by atoms with van der Waals surface area (Å²) < 4.78 is 15.7. The smallest absolute Gasteiger partial charge is 0.334 e. The molecule has 0 aromatic carbocycles. The summed E-state index contributed by atoms with van der Waals surface area (Å²) in [5, 5.41) is 0. The van der Waals surface area contributed by atoms with Crippen LogP contribution in [0, 0.1) is 28.6 Å². The Hall–Kier alpha value is -2.37. The van der Waals surface area contributed by atoms with E-state index in [4.69, 9.17) is 14.2 Å². The highest BCUT2D eigenvalue weighted by molar-refractivity contribution is 5.89. The van der Waals surface area contributed by atoms with Crippen LogP contribution in [0.3, 0.4) is 0 Å². The summed E-state index contributed by atoms with van der Waals surface area (Å²) in [6.45, 7) is 24.6. The number of carbonyl (C=O) groups is 3. The Labute approximate surface area is 212 Å². The van der Waals surface area contributed by atoms with Crippen LogP contribution in [-0.4, -0.2) is 37.2 Å². The lowest BCUT2D eigenvalue weighted by Gasteiger charge is -2.38. The number of carbonyl (C=O) groups excluding carboxylic acids is 3. The Morgan fingerprint density at radius 1 is 1.00 bits per heavy atom. The molecule has 6 heteroatoms. The molecule has 3 atom stereocenters. The van der Waals surface area contributed by atoms with Crippen molar-refractivity contribution in [2.75, 3.05) is 13.2 Å². The first kappa shape index (κ1) is 30.7. The number of ether oxygens (including phenoxy) is 3. The second-order valence-electron chi connectivity index (χ2n) is 11.5. The van der Waals surface area contributed by atoms with Gasteiger partial charge in [0.15, 0.2) is 0 Å². The van der Waals surface area contributed by atoms with E-state index >= 15 is 0 Å². The standard InChI is InChI=1S/C22H34O4.C7H12O2/c1-14(2)13-25-19(23)11-15(3)10-16(4)20(24)26-18-12-17-8-9-22(18,7)21(17,5)6;1-4-7(8)9-5-6(2)3/h11,14,17-18H,4,8-10,12-13H2,1-3,5-7H3;4,6H,1,5H2,2-3H3. The molecule has 2 rings (SSSR count). The van der Waals surface area contributed by atoms with Gasteiger partial charge < -0.3 is 14.2 Å². The lowest BCUT2D eigenvalue weighted by Crippen LogP contribution is -2.38. The predicted octanol–water partition coefficient (Wildman–Crippen LogP) is 6.21. The Bertz CT molecular complexity index is 819. The number of hydrogen-bond donors (Lipinski definition) is 0. The van der Waals surface area contributed by atoms with Gasteiger partial charge in [-0.15, -0.1) is 0 Å². The van der Waals surface area contributed by atoms with Gasteiger partial charge in [0.25, 0.3) is 0 Å². The third kappa shape index (κ3) is 8.66. The second kappa shape index (κ2) is 13.1. The molecule has 0 aliphatic heterocycles. The minimum absolute atomic E-state index is 0.0408. The predicted molar refractivity (Wildman–Crippen MR) is 138 cm³/mol. The maximum absolute atomic E-state index is 12.5. The first-order chi connectivity index (χ1) is 16.1. The zero-order valence-corrected chi connectivity index (χ0v) is 23.1. The van der Waals surface area contributed by atoms with Crippen molar-refractivity contribution >= 4 is 17.9 Å². The van der Waals surface area contributed by atoms with Crippen molar-refractivity contribution in [3.05, 3.63) is 36.5 Å². The number of rotatable bonds is 10. The summed E-state index contributed by atoms with van der Waals surface area (Å²) in [6, 6.07) is 0. The third-order valence-electron chi connectivity index (χ3n) is 7.39. The first-order valence-electron chi connectivity index (χ1n) is 12.7. The SMILES string of the molecule is C=C(CC(C)=CC(=O)OCC(C)C)C(=O)OC1CC2CCC1(C)C2(C)C.C=CC(=O)OCC(C)C. The van der Waals surface area contributed by atoms with Gasteiger partial charge in [-0.3, -0.25) is 0 Å². The molecule has 0 aromatic heterocycles. The number of hydrogen-bond acceptors (Lipinski definition) is 6. The minimum atomic E-state index is -0.375. The summed E-state index contributed by atoms with van der Waals surface area (Å²) in [6.07, 6.45) is 6.16. The maximum atomic E-state index is 12.5. The van der Waals surface area contributed by atoms with E-state index in [1.165, 1.54) is 18.6 Å². The fourth-order valence-corrected chi connectivity index (χ4v) is 4.78. The maximum Gasteiger partial charge on any atom is 0.334 e. The van der Waals surface area contributed by atoms with Crippen LogP contribution >= 0.6 is 0 Å². The molecule has 0 N–H and O–H groups in total. The molecule has 0 amide bonds. The second-order valence-corrected chi connectivity index (χ2v) is 11.5. The molecule has 0 heterocycles. The molecule has 3 unspecified atom stereocenters. The molecule has 0 aromatic rings. The van der Waals surface area contributed by atoms with Crippen molar-refractivity contribution in [2.45, 2.75) is 87.2 Å².